The number of benzene rings is 1. The Labute approximate surface area is 115 Å². The van der Waals surface area contributed by atoms with Gasteiger partial charge in [0.15, 0.2) is 9.84 Å². The summed E-state index contributed by atoms with van der Waals surface area (Å²) in [5.41, 5.74) is 2.00. The van der Waals surface area contributed by atoms with Gasteiger partial charge >= 0.3 is 0 Å². The number of ether oxygens (including phenoxy) is 1. The largest absolute Gasteiger partial charge is 0.500 e. The summed E-state index contributed by atoms with van der Waals surface area (Å²) in [5, 5.41) is 0. The molecule has 0 aromatic heterocycles. The zero-order chi connectivity index (χ0) is 13.9. The second-order valence-electron chi connectivity index (χ2n) is 5.36. The molecule has 1 aliphatic heterocycles. The molecule has 1 aliphatic rings. The molecule has 1 heterocycles. The van der Waals surface area contributed by atoms with E-state index in [1.165, 1.54) is 0 Å². The number of hydrogen-bond donors (Lipinski definition) is 0. The van der Waals surface area contributed by atoms with E-state index in [1.54, 1.807) is 6.26 Å². The molecule has 0 amide bonds. The highest BCUT2D eigenvalue weighted by atomic mass is 32.2. The molecule has 104 valence electrons. The molecule has 0 unspecified atom stereocenters. The van der Waals surface area contributed by atoms with Gasteiger partial charge in [-0.2, -0.15) is 0 Å². The minimum Gasteiger partial charge on any atom is -0.500 e. The first-order valence-electron chi connectivity index (χ1n) is 6.51. The summed E-state index contributed by atoms with van der Waals surface area (Å²) < 4.78 is 28.2. The van der Waals surface area contributed by atoms with Crippen LogP contribution >= 0.6 is 0 Å². The second kappa shape index (κ2) is 5.37. The lowest BCUT2D eigenvalue weighted by Gasteiger charge is -2.39. The van der Waals surface area contributed by atoms with Gasteiger partial charge in [-0.1, -0.05) is 37.3 Å². The molecular weight excluding hydrogens is 260 g/mol. The first kappa shape index (κ1) is 14.1. The number of hydrogen-bond acceptors (Lipinski definition) is 3. The summed E-state index contributed by atoms with van der Waals surface area (Å²) in [6, 6.07) is 10.00. The lowest BCUT2D eigenvalue weighted by Crippen LogP contribution is -2.50. The Bertz CT molecular complexity index is 546. The van der Waals surface area contributed by atoms with Gasteiger partial charge in [0.25, 0.3) is 0 Å². The molecule has 0 aliphatic carbocycles. The Balaban J connectivity index is 1.93. The predicted octanol–water partition coefficient (Wildman–Crippen LogP) is 2.89. The first-order chi connectivity index (χ1) is 8.96. The molecule has 19 heavy (non-hydrogen) atoms. The van der Waals surface area contributed by atoms with Crippen molar-refractivity contribution in [2.75, 3.05) is 18.1 Å². The molecule has 1 fully saturated rings. The van der Waals surface area contributed by atoms with Gasteiger partial charge < -0.3 is 4.74 Å². The number of rotatable bonds is 5. The molecule has 0 bridgehead atoms. The van der Waals surface area contributed by atoms with Crippen LogP contribution in [0.3, 0.4) is 0 Å². The molecule has 0 spiro atoms. The van der Waals surface area contributed by atoms with E-state index >= 15 is 0 Å². The molecule has 2 rings (SSSR count). The number of sulfone groups is 1. The van der Waals surface area contributed by atoms with Crippen LogP contribution in [0.5, 0.6) is 0 Å². The first-order valence-corrected chi connectivity index (χ1v) is 8.33. The molecule has 0 atom stereocenters. The van der Waals surface area contributed by atoms with E-state index in [0.717, 1.165) is 17.6 Å². The fourth-order valence-electron chi connectivity index (χ4n) is 2.39. The van der Waals surface area contributed by atoms with E-state index in [4.69, 9.17) is 4.74 Å². The van der Waals surface area contributed by atoms with Crippen LogP contribution in [-0.4, -0.2) is 26.5 Å². The second-order valence-corrected chi connectivity index (χ2v) is 7.43. The Morgan fingerprint density at radius 2 is 1.95 bits per heavy atom. The zero-order valence-electron chi connectivity index (χ0n) is 11.4. The maximum absolute atomic E-state index is 11.3. The fourth-order valence-corrected chi connectivity index (χ4v) is 4.75. The van der Waals surface area contributed by atoms with Crippen molar-refractivity contribution in [3.63, 3.8) is 0 Å². The van der Waals surface area contributed by atoms with E-state index in [-0.39, 0.29) is 16.9 Å². The highest BCUT2D eigenvalue weighted by Crippen LogP contribution is 2.36. The lowest BCUT2D eigenvalue weighted by atomic mass is 9.90. The van der Waals surface area contributed by atoms with Gasteiger partial charge in [-0.05, 0) is 24.5 Å². The normalized spacial score (nSPS) is 20.6. The molecule has 1 aromatic rings. The molecule has 0 N–H and O–H groups in total. The van der Waals surface area contributed by atoms with Crippen molar-refractivity contribution in [1.82, 2.24) is 0 Å². The van der Waals surface area contributed by atoms with Crippen LogP contribution < -0.4 is 0 Å². The van der Waals surface area contributed by atoms with Crippen molar-refractivity contribution in [3.05, 3.63) is 42.2 Å². The van der Waals surface area contributed by atoms with Gasteiger partial charge in [0.05, 0.1) is 24.4 Å². The van der Waals surface area contributed by atoms with E-state index in [9.17, 15) is 8.42 Å². The van der Waals surface area contributed by atoms with Gasteiger partial charge in [-0.3, -0.25) is 0 Å². The SMILES string of the molecule is CCC1(CO/C=C(/C)c2ccccc2)CS(=O)(=O)C1. The van der Waals surface area contributed by atoms with Crippen LogP contribution in [0.2, 0.25) is 0 Å². The third-order valence-corrected chi connectivity index (χ3v) is 5.79. The summed E-state index contributed by atoms with van der Waals surface area (Å²) in [6.07, 6.45) is 2.57. The molecule has 4 heteroatoms. The summed E-state index contributed by atoms with van der Waals surface area (Å²) in [6.45, 7) is 4.49. The van der Waals surface area contributed by atoms with Gasteiger partial charge in [0, 0.05) is 5.41 Å². The lowest BCUT2D eigenvalue weighted by molar-refractivity contribution is 0.127. The summed E-state index contributed by atoms with van der Waals surface area (Å²) in [5.74, 6) is 0.517. The average Bonchev–Trinajstić information content (AvgIpc) is 2.37. The molecule has 0 radical (unpaired) electrons. The minimum absolute atomic E-state index is 0.174. The van der Waals surface area contributed by atoms with E-state index in [1.807, 2.05) is 44.2 Å². The Hall–Kier alpha value is -1.29. The van der Waals surface area contributed by atoms with Crippen molar-refractivity contribution in [2.45, 2.75) is 20.3 Å². The maximum atomic E-state index is 11.3. The Morgan fingerprint density at radius 3 is 2.47 bits per heavy atom. The quantitative estimate of drug-likeness (QED) is 0.779. The smallest absolute Gasteiger partial charge is 0.151 e. The van der Waals surface area contributed by atoms with Crippen molar-refractivity contribution in [2.24, 2.45) is 5.41 Å². The third kappa shape index (κ3) is 3.38. The van der Waals surface area contributed by atoms with Crippen molar-refractivity contribution >= 4 is 15.4 Å². The van der Waals surface area contributed by atoms with Crippen molar-refractivity contribution < 1.29 is 13.2 Å². The van der Waals surface area contributed by atoms with Gasteiger partial charge in [0.1, 0.15) is 0 Å². The highest BCUT2D eigenvalue weighted by Gasteiger charge is 2.47. The van der Waals surface area contributed by atoms with Crippen LogP contribution in [0.1, 0.15) is 25.8 Å². The minimum atomic E-state index is -2.80. The topological polar surface area (TPSA) is 43.4 Å². The Kier molecular flexibility index (Phi) is 3.99. The third-order valence-electron chi connectivity index (χ3n) is 3.68. The van der Waals surface area contributed by atoms with Gasteiger partial charge in [-0.15, -0.1) is 0 Å². The molecule has 1 aromatic carbocycles. The summed E-state index contributed by atoms with van der Waals surface area (Å²) >= 11 is 0. The molecule has 3 nitrogen and oxygen atoms in total. The highest BCUT2D eigenvalue weighted by molar-refractivity contribution is 7.92. The predicted molar refractivity (Wildman–Crippen MR) is 77.4 cm³/mol. The van der Waals surface area contributed by atoms with Crippen LogP contribution in [0, 0.1) is 5.41 Å². The standard InChI is InChI=1S/C15H20O3S/c1-3-15(11-19(16,17)12-15)10-18-9-13(2)14-7-5-4-6-8-14/h4-9H,3,10-12H2,1-2H3/b13-9-. The number of allylic oxidation sites excluding steroid dienone is 1. The molecule has 0 saturated carbocycles. The molecular formula is C15H20O3S. The van der Waals surface area contributed by atoms with Crippen molar-refractivity contribution in [3.8, 4) is 0 Å². The summed E-state index contributed by atoms with van der Waals surface area (Å²) in [4.78, 5) is 0. The monoisotopic (exact) mass is 280 g/mol. The molecule has 1 saturated heterocycles. The van der Waals surface area contributed by atoms with E-state index in [2.05, 4.69) is 0 Å². The van der Waals surface area contributed by atoms with E-state index in [0.29, 0.717) is 6.61 Å². The van der Waals surface area contributed by atoms with E-state index < -0.39 is 9.84 Å². The average molecular weight is 280 g/mol. The van der Waals surface area contributed by atoms with Crippen molar-refractivity contribution in [1.29, 1.82) is 0 Å². The maximum Gasteiger partial charge on any atom is 0.151 e. The zero-order valence-corrected chi connectivity index (χ0v) is 12.2. The van der Waals surface area contributed by atoms with Gasteiger partial charge in [-0.25, -0.2) is 8.42 Å². The van der Waals surface area contributed by atoms with Gasteiger partial charge in [0.2, 0.25) is 0 Å². The van der Waals surface area contributed by atoms with Crippen LogP contribution in [0.4, 0.5) is 0 Å². The summed E-state index contributed by atoms with van der Waals surface area (Å²) in [7, 11) is -2.80. The Morgan fingerprint density at radius 1 is 1.32 bits per heavy atom. The van der Waals surface area contributed by atoms with Crippen LogP contribution in [0.15, 0.2) is 36.6 Å². The fraction of sp³-hybridized carbons (Fsp3) is 0.467. The van der Waals surface area contributed by atoms with Crippen LogP contribution in [0.25, 0.3) is 5.57 Å². The van der Waals surface area contributed by atoms with Crippen LogP contribution in [-0.2, 0) is 14.6 Å².